The molecule has 0 amide bonds. The first-order valence-corrected chi connectivity index (χ1v) is 6.38. The molecular formula is C14H19NO. The Morgan fingerprint density at radius 1 is 1.06 bits per heavy atom. The summed E-state index contributed by atoms with van der Waals surface area (Å²) in [5.74, 6) is 1.08. The molecule has 0 saturated heterocycles. The molecule has 2 nitrogen and oxygen atoms in total. The first-order valence-electron chi connectivity index (χ1n) is 6.38. The Hall–Kier alpha value is -1.02. The van der Waals surface area contributed by atoms with Crippen molar-refractivity contribution >= 4 is 0 Å². The summed E-state index contributed by atoms with van der Waals surface area (Å²) >= 11 is 0. The molecule has 1 heterocycles. The first-order chi connectivity index (χ1) is 7.93. The van der Waals surface area contributed by atoms with Crippen molar-refractivity contribution in [2.45, 2.75) is 44.7 Å². The standard InChI is InChI=1S/C14H19NO/c1-2-7-13(8-3-1)15-10-12-6-4-5-9-14(12)16-11-15/h4-6,9,13H,1-3,7-8,10-11H2. The molecule has 0 bridgehead atoms. The second-order valence-corrected chi connectivity index (χ2v) is 4.92. The SMILES string of the molecule is c1ccc2c(c1)CN(C1CCCCC1)CO2. The van der Waals surface area contributed by atoms with Crippen LogP contribution in [0.25, 0.3) is 0 Å². The van der Waals surface area contributed by atoms with E-state index in [9.17, 15) is 0 Å². The molecule has 0 N–H and O–H groups in total. The normalized spacial score (nSPS) is 22.5. The highest BCUT2D eigenvalue weighted by molar-refractivity contribution is 5.34. The van der Waals surface area contributed by atoms with E-state index >= 15 is 0 Å². The topological polar surface area (TPSA) is 12.5 Å². The van der Waals surface area contributed by atoms with Crippen LogP contribution in [-0.4, -0.2) is 17.7 Å². The Bertz CT molecular complexity index is 358. The summed E-state index contributed by atoms with van der Waals surface area (Å²) in [6, 6.07) is 9.17. The van der Waals surface area contributed by atoms with Crippen LogP contribution >= 0.6 is 0 Å². The minimum atomic E-state index is 0.752. The van der Waals surface area contributed by atoms with Crippen LogP contribution in [0.2, 0.25) is 0 Å². The number of hydrogen-bond acceptors (Lipinski definition) is 2. The van der Waals surface area contributed by atoms with Crippen LogP contribution in [0.3, 0.4) is 0 Å². The Morgan fingerprint density at radius 2 is 1.88 bits per heavy atom. The number of para-hydroxylation sites is 1. The van der Waals surface area contributed by atoms with Crippen molar-refractivity contribution < 1.29 is 4.74 Å². The van der Waals surface area contributed by atoms with E-state index in [1.807, 2.05) is 0 Å². The van der Waals surface area contributed by atoms with Crippen molar-refractivity contribution in [3.8, 4) is 5.75 Å². The summed E-state index contributed by atoms with van der Waals surface area (Å²) in [6.45, 7) is 1.85. The maximum Gasteiger partial charge on any atom is 0.142 e. The monoisotopic (exact) mass is 217 g/mol. The van der Waals surface area contributed by atoms with E-state index in [0.29, 0.717) is 0 Å². The van der Waals surface area contributed by atoms with Crippen molar-refractivity contribution in [3.05, 3.63) is 29.8 Å². The Kier molecular flexibility index (Phi) is 2.83. The van der Waals surface area contributed by atoms with Gasteiger partial charge in [-0.05, 0) is 18.9 Å². The number of hydrogen-bond donors (Lipinski definition) is 0. The number of nitrogens with zero attached hydrogens (tertiary/aromatic N) is 1. The third-order valence-electron chi connectivity index (χ3n) is 3.82. The molecule has 86 valence electrons. The van der Waals surface area contributed by atoms with Crippen LogP contribution in [0.5, 0.6) is 5.75 Å². The second kappa shape index (κ2) is 4.46. The smallest absolute Gasteiger partial charge is 0.142 e. The zero-order valence-corrected chi connectivity index (χ0v) is 9.69. The molecule has 0 unspecified atom stereocenters. The van der Waals surface area contributed by atoms with Gasteiger partial charge in [-0.15, -0.1) is 0 Å². The average Bonchev–Trinajstić information content (AvgIpc) is 2.39. The molecule has 1 aliphatic carbocycles. The summed E-state index contributed by atoms with van der Waals surface area (Å²) in [7, 11) is 0. The number of ether oxygens (including phenoxy) is 1. The molecule has 0 spiro atoms. The molecule has 16 heavy (non-hydrogen) atoms. The molecule has 1 fully saturated rings. The molecule has 1 aromatic rings. The van der Waals surface area contributed by atoms with Crippen LogP contribution < -0.4 is 4.74 Å². The van der Waals surface area contributed by atoms with Gasteiger partial charge in [0.2, 0.25) is 0 Å². The van der Waals surface area contributed by atoms with Crippen molar-refractivity contribution in [1.82, 2.24) is 4.90 Å². The lowest BCUT2D eigenvalue weighted by molar-refractivity contribution is 0.0403. The van der Waals surface area contributed by atoms with Crippen molar-refractivity contribution in [2.75, 3.05) is 6.73 Å². The summed E-state index contributed by atoms with van der Waals surface area (Å²) in [5, 5.41) is 0. The van der Waals surface area contributed by atoms with E-state index in [0.717, 1.165) is 25.1 Å². The van der Waals surface area contributed by atoms with Gasteiger partial charge in [-0.2, -0.15) is 0 Å². The Labute approximate surface area is 97.2 Å². The molecule has 1 aliphatic heterocycles. The molecule has 2 aliphatic rings. The molecule has 0 aromatic heterocycles. The zero-order chi connectivity index (χ0) is 10.8. The van der Waals surface area contributed by atoms with Gasteiger partial charge < -0.3 is 4.74 Å². The lowest BCUT2D eigenvalue weighted by atomic mass is 9.94. The van der Waals surface area contributed by atoms with Gasteiger partial charge in [0.15, 0.2) is 0 Å². The van der Waals surface area contributed by atoms with Gasteiger partial charge in [-0.25, -0.2) is 0 Å². The van der Waals surface area contributed by atoms with Crippen molar-refractivity contribution in [2.24, 2.45) is 0 Å². The van der Waals surface area contributed by atoms with Gasteiger partial charge in [0, 0.05) is 18.2 Å². The number of rotatable bonds is 1. The third-order valence-corrected chi connectivity index (χ3v) is 3.82. The highest BCUT2D eigenvalue weighted by Crippen LogP contribution is 2.29. The van der Waals surface area contributed by atoms with Gasteiger partial charge in [0.05, 0.1) is 0 Å². The van der Waals surface area contributed by atoms with Crippen molar-refractivity contribution in [3.63, 3.8) is 0 Å². The quantitative estimate of drug-likeness (QED) is 0.716. The van der Waals surface area contributed by atoms with Gasteiger partial charge in [0.25, 0.3) is 0 Å². The van der Waals surface area contributed by atoms with E-state index < -0.39 is 0 Å². The molecule has 0 atom stereocenters. The molecule has 3 rings (SSSR count). The lowest BCUT2D eigenvalue weighted by Gasteiger charge is -2.37. The summed E-state index contributed by atoms with van der Waals surface area (Å²) in [5.41, 5.74) is 1.35. The average molecular weight is 217 g/mol. The largest absolute Gasteiger partial charge is 0.478 e. The van der Waals surface area contributed by atoms with E-state index in [4.69, 9.17) is 4.74 Å². The van der Waals surface area contributed by atoms with E-state index in [1.54, 1.807) is 0 Å². The number of fused-ring (bicyclic) bond motifs is 1. The minimum Gasteiger partial charge on any atom is -0.478 e. The first kappa shape index (κ1) is 10.2. The van der Waals surface area contributed by atoms with Gasteiger partial charge in [-0.3, -0.25) is 4.90 Å². The van der Waals surface area contributed by atoms with Crippen LogP contribution in [-0.2, 0) is 6.54 Å². The summed E-state index contributed by atoms with van der Waals surface area (Å²) in [4.78, 5) is 2.50. The zero-order valence-electron chi connectivity index (χ0n) is 9.69. The van der Waals surface area contributed by atoms with Crippen LogP contribution in [0.4, 0.5) is 0 Å². The molecule has 0 radical (unpaired) electrons. The maximum absolute atomic E-state index is 5.82. The maximum atomic E-state index is 5.82. The fraction of sp³-hybridized carbons (Fsp3) is 0.571. The molecule has 1 aromatic carbocycles. The third kappa shape index (κ3) is 1.94. The second-order valence-electron chi connectivity index (χ2n) is 4.92. The predicted molar refractivity (Wildman–Crippen MR) is 64.4 cm³/mol. The number of benzene rings is 1. The van der Waals surface area contributed by atoms with E-state index in [2.05, 4.69) is 29.2 Å². The van der Waals surface area contributed by atoms with Crippen LogP contribution in [0.1, 0.15) is 37.7 Å². The van der Waals surface area contributed by atoms with Gasteiger partial charge >= 0.3 is 0 Å². The minimum absolute atomic E-state index is 0.752. The van der Waals surface area contributed by atoms with E-state index in [1.165, 1.54) is 37.7 Å². The Balaban J connectivity index is 1.72. The molecule has 1 saturated carbocycles. The predicted octanol–water partition coefficient (Wildman–Crippen LogP) is 3.17. The molecular weight excluding hydrogens is 198 g/mol. The Morgan fingerprint density at radius 3 is 2.75 bits per heavy atom. The van der Waals surface area contributed by atoms with Crippen LogP contribution in [0, 0.1) is 0 Å². The van der Waals surface area contributed by atoms with Crippen molar-refractivity contribution in [1.29, 1.82) is 0 Å². The highest BCUT2D eigenvalue weighted by atomic mass is 16.5. The fourth-order valence-electron chi connectivity index (χ4n) is 2.87. The lowest BCUT2D eigenvalue weighted by Crippen LogP contribution is -2.41. The van der Waals surface area contributed by atoms with Gasteiger partial charge in [-0.1, -0.05) is 37.5 Å². The van der Waals surface area contributed by atoms with Crippen LogP contribution in [0.15, 0.2) is 24.3 Å². The van der Waals surface area contributed by atoms with Gasteiger partial charge in [0.1, 0.15) is 12.5 Å². The molecule has 2 heteroatoms. The van der Waals surface area contributed by atoms with E-state index in [-0.39, 0.29) is 0 Å². The summed E-state index contributed by atoms with van der Waals surface area (Å²) < 4.78 is 5.82. The highest BCUT2D eigenvalue weighted by Gasteiger charge is 2.25. The summed E-state index contributed by atoms with van der Waals surface area (Å²) in [6.07, 6.45) is 6.91. The fourth-order valence-corrected chi connectivity index (χ4v) is 2.87.